The number of carbonyl (C=O) groups is 2. The van der Waals surface area contributed by atoms with Crippen molar-refractivity contribution in [2.45, 2.75) is 6.54 Å². The Kier molecular flexibility index (Phi) is 5.43. The summed E-state index contributed by atoms with van der Waals surface area (Å²) in [5, 5.41) is 9.57. The van der Waals surface area contributed by atoms with Gasteiger partial charge >= 0.3 is 5.97 Å². The number of likely N-dealkylation sites (N-methyl/N-ethyl adjacent to an activating group) is 1. The summed E-state index contributed by atoms with van der Waals surface area (Å²) in [6, 6.07) is 2.40. The van der Waals surface area contributed by atoms with Crippen LogP contribution in [-0.4, -0.2) is 52.6 Å². The molecule has 2 heterocycles. The van der Waals surface area contributed by atoms with E-state index in [1.807, 2.05) is 0 Å². The van der Waals surface area contributed by atoms with Crippen LogP contribution in [0.15, 0.2) is 29.3 Å². The fourth-order valence-corrected chi connectivity index (χ4v) is 2.32. The summed E-state index contributed by atoms with van der Waals surface area (Å²) in [6.07, 6.45) is 2.66. The first kappa shape index (κ1) is 18.5. The van der Waals surface area contributed by atoms with Gasteiger partial charge in [0.2, 0.25) is 5.91 Å². The number of carboxylic acids is 1. The highest BCUT2D eigenvalue weighted by atomic mass is 35.5. The molecule has 1 amide bonds. The molecule has 0 aliphatic rings. The zero-order chi connectivity index (χ0) is 18.7. The molecule has 1 N–H and O–H groups in total. The predicted molar refractivity (Wildman–Crippen MR) is 91.1 cm³/mol. The summed E-state index contributed by atoms with van der Waals surface area (Å²) in [7, 11) is 4.53. The van der Waals surface area contributed by atoms with E-state index in [4.69, 9.17) is 16.3 Å². The van der Waals surface area contributed by atoms with E-state index in [1.165, 1.54) is 30.5 Å². The van der Waals surface area contributed by atoms with Gasteiger partial charge in [0.15, 0.2) is 0 Å². The molecule has 0 atom stereocenters. The van der Waals surface area contributed by atoms with Gasteiger partial charge in [-0.15, -0.1) is 0 Å². The second-order valence-corrected chi connectivity index (χ2v) is 5.75. The summed E-state index contributed by atoms with van der Waals surface area (Å²) >= 11 is 5.91. The fourth-order valence-electron chi connectivity index (χ4n) is 2.17. The van der Waals surface area contributed by atoms with Gasteiger partial charge in [-0.25, -0.2) is 9.78 Å². The van der Waals surface area contributed by atoms with Crippen LogP contribution in [0, 0.1) is 0 Å². The molecule has 25 heavy (non-hydrogen) atoms. The van der Waals surface area contributed by atoms with E-state index >= 15 is 0 Å². The van der Waals surface area contributed by atoms with Crippen LogP contribution in [0.1, 0.15) is 10.4 Å². The second-order valence-electron chi connectivity index (χ2n) is 5.37. The van der Waals surface area contributed by atoms with Crippen LogP contribution in [0.3, 0.4) is 0 Å². The monoisotopic (exact) mass is 365 g/mol. The van der Waals surface area contributed by atoms with Crippen molar-refractivity contribution in [3.05, 3.63) is 45.6 Å². The molecule has 2 rings (SSSR count). The number of pyridine rings is 2. The zero-order valence-corrected chi connectivity index (χ0v) is 14.6. The van der Waals surface area contributed by atoms with Gasteiger partial charge in [0.25, 0.3) is 5.56 Å². The Morgan fingerprint density at radius 1 is 1.32 bits per heavy atom. The van der Waals surface area contributed by atoms with E-state index in [1.54, 1.807) is 14.1 Å². The molecule has 0 aromatic carbocycles. The number of carboxylic acid groups (broad SMARTS) is 1. The second kappa shape index (κ2) is 7.35. The molecule has 0 radical (unpaired) electrons. The van der Waals surface area contributed by atoms with Gasteiger partial charge < -0.3 is 19.3 Å². The molecule has 0 saturated carbocycles. The van der Waals surface area contributed by atoms with Crippen molar-refractivity contribution in [1.82, 2.24) is 14.5 Å². The smallest absolute Gasteiger partial charge is 0.336 e. The fraction of sp³-hybridized carbons (Fsp3) is 0.250. The van der Waals surface area contributed by atoms with Crippen molar-refractivity contribution in [2.24, 2.45) is 0 Å². The highest BCUT2D eigenvalue weighted by Crippen LogP contribution is 2.33. The quantitative estimate of drug-likeness (QED) is 0.803. The first-order chi connectivity index (χ1) is 11.7. The Hall–Kier alpha value is -2.87. The maximum atomic E-state index is 12.2. The Balaban J connectivity index is 2.71. The molecular weight excluding hydrogens is 350 g/mol. The van der Waals surface area contributed by atoms with Crippen LogP contribution in [0.5, 0.6) is 5.75 Å². The predicted octanol–water partition coefficient (Wildman–Crippen LogP) is 1.36. The number of aromatic nitrogens is 2. The number of ether oxygens (including phenoxy) is 1. The SMILES string of the molecule is COc1cnc(Cl)cc1-c1cn(CC(=O)N(C)C)c(=O)cc1C(=O)O. The number of rotatable bonds is 5. The summed E-state index contributed by atoms with van der Waals surface area (Å²) in [4.78, 5) is 40.9. The number of halogens is 1. The molecule has 2 aromatic heterocycles. The minimum atomic E-state index is -1.28. The molecule has 0 aliphatic carbocycles. The van der Waals surface area contributed by atoms with E-state index in [2.05, 4.69) is 4.98 Å². The minimum absolute atomic E-state index is 0.134. The highest BCUT2D eigenvalue weighted by molar-refractivity contribution is 6.29. The molecule has 0 unspecified atom stereocenters. The van der Waals surface area contributed by atoms with E-state index in [0.717, 1.165) is 10.6 Å². The molecular formula is C16H16ClN3O5. The molecule has 132 valence electrons. The third-order valence-electron chi connectivity index (χ3n) is 3.50. The normalized spacial score (nSPS) is 10.4. The van der Waals surface area contributed by atoms with Gasteiger partial charge in [-0.1, -0.05) is 11.6 Å². The zero-order valence-electron chi connectivity index (χ0n) is 13.8. The molecule has 0 bridgehead atoms. The van der Waals surface area contributed by atoms with Gasteiger partial charge in [0.05, 0.1) is 18.9 Å². The van der Waals surface area contributed by atoms with Crippen molar-refractivity contribution in [3.8, 4) is 16.9 Å². The van der Waals surface area contributed by atoms with Crippen molar-refractivity contribution < 1.29 is 19.4 Å². The standard InChI is InChI=1S/C16H16ClN3O5/c1-19(2)15(22)8-20-7-11(10(16(23)24)5-14(20)21)9-4-13(17)18-6-12(9)25-3/h4-7H,8H2,1-3H3,(H,23,24). The number of hydrogen-bond acceptors (Lipinski definition) is 5. The van der Waals surface area contributed by atoms with Gasteiger partial charge in [-0.3, -0.25) is 9.59 Å². The summed E-state index contributed by atoms with van der Waals surface area (Å²) in [5.41, 5.74) is -0.277. The summed E-state index contributed by atoms with van der Waals surface area (Å²) in [5.74, 6) is -1.31. The van der Waals surface area contributed by atoms with Crippen LogP contribution < -0.4 is 10.3 Å². The van der Waals surface area contributed by atoms with Crippen molar-refractivity contribution in [3.63, 3.8) is 0 Å². The number of methoxy groups -OCH3 is 1. The van der Waals surface area contributed by atoms with E-state index in [9.17, 15) is 19.5 Å². The average molecular weight is 366 g/mol. The third-order valence-corrected chi connectivity index (χ3v) is 3.71. The molecule has 9 heteroatoms. The van der Waals surface area contributed by atoms with E-state index in [-0.39, 0.29) is 34.5 Å². The van der Waals surface area contributed by atoms with E-state index < -0.39 is 11.5 Å². The first-order valence-electron chi connectivity index (χ1n) is 7.12. The summed E-state index contributed by atoms with van der Waals surface area (Å²) < 4.78 is 6.34. The Labute approximate surface area is 148 Å². The Bertz CT molecular complexity index is 892. The lowest BCUT2D eigenvalue weighted by molar-refractivity contribution is -0.129. The molecule has 0 aliphatic heterocycles. The average Bonchev–Trinajstić information content (AvgIpc) is 2.55. The van der Waals surface area contributed by atoms with Crippen LogP contribution in [0.2, 0.25) is 5.15 Å². The van der Waals surface area contributed by atoms with Crippen molar-refractivity contribution in [1.29, 1.82) is 0 Å². The molecule has 0 fully saturated rings. The minimum Gasteiger partial charge on any atom is -0.494 e. The largest absolute Gasteiger partial charge is 0.494 e. The van der Waals surface area contributed by atoms with Crippen molar-refractivity contribution in [2.75, 3.05) is 21.2 Å². The molecule has 0 spiro atoms. The number of aromatic carboxylic acids is 1. The maximum absolute atomic E-state index is 12.2. The maximum Gasteiger partial charge on any atom is 0.336 e. The molecule has 0 saturated heterocycles. The number of nitrogens with zero attached hydrogens (tertiary/aromatic N) is 3. The molecule has 2 aromatic rings. The summed E-state index contributed by atoms with van der Waals surface area (Å²) in [6.45, 7) is -0.222. The Morgan fingerprint density at radius 3 is 2.56 bits per heavy atom. The number of hydrogen-bond donors (Lipinski definition) is 1. The van der Waals surface area contributed by atoms with Crippen molar-refractivity contribution >= 4 is 23.5 Å². The number of carbonyl (C=O) groups excluding carboxylic acids is 1. The number of amides is 1. The lowest BCUT2D eigenvalue weighted by Gasteiger charge is -2.15. The van der Waals surface area contributed by atoms with Gasteiger partial charge in [0.1, 0.15) is 17.4 Å². The highest BCUT2D eigenvalue weighted by Gasteiger charge is 2.19. The van der Waals surface area contributed by atoms with Crippen LogP contribution in [0.25, 0.3) is 11.1 Å². The first-order valence-corrected chi connectivity index (χ1v) is 7.50. The van der Waals surface area contributed by atoms with Crippen LogP contribution in [0.4, 0.5) is 0 Å². The van der Waals surface area contributed by atoms with Gasteiger partial charge in [-0.2, -0.15) is 0 Å². The van der Waals surface area contributed by atoms with Crippen LogP contribution >= 0.6 is 11.6 Å². The van der Waals surface area contributed by atoms with Gasteiger partial charge in [-0.05, 0) is 6.07 Å². The van der Waals surface area contributed by atoms with Gasteiger partial charge in [0, 0.05) is 37.5 Å². The lowest BCUT2D eigenvalue weighted by atomic mass is 10.0. The topological polar surface area (TPSA) is 102 Å². The molecule has 8 nitrogen and oxygen atoms in total. The Morgan fingerprint density at radius 2 is 2.00 bits per heavy atom. The lowest BCUT2D eigenvalue weighted by Crippen LogP contribution is -2.31. The van der Waals surface area contributed by atoms with E-state index in [0.29, 0.717) is 5.56 Å². The third kappa shape index (κ3) is 3.97. The van der Waals surface area contributed by atoms with Crippen LogP contribution in [-0.2, 0) is 11.3 Å².